The van der Waals surface area contributed by atoms with Gasteiger partial charge in [-0.15, -0.1) is 0 Å². The summed E-state index contributed by atoms with van der Waals surface area (Å²) in [6.07, 6.45) is 4.91. The predicted octanol–water partition coefficient (Wildman–Crippen LogP) is 3.19. The number of pyridine rings is 1. The van der Waals surface area contributed by atoms with Crippen LogP contribution in [0.15, 0.2) is 36.7 Å². The highest BCUT2D eigenvalue weighted by Gasteiger charge is 2.24. The van der Waals surface area contributed by atoms with E-state index in [9.17, 15) is 9.59 Å². The average Bonchev–Trinajstić information content (AvgIpc) is 3.35. The van der Waals surface area contributed by atoms with Crippen LogP contribution < -0.4 is 10.6 Å². The van der Waals surface area contributed by atoms with Crippen LogP contribution in [0.2, 0.25) is 5.02 Å². The second-order valence-electron chi connectivity index (χ2n) is 5.62. The molecule has 5 nitrogen and oxygen atoms in total. The highest BCUT2D eigenvalue weighted by Crippen LogP contribution is 2.21. The first kappa shape index (κ1) is 15.5. The largest absolute Gasteiger partial charge is 0.349 e. The zero-order chi connectivity index (χ0) is 16.4. The number of benzene rings is 1. The lowest BCUT2D eigenvalue weighted by atomic mass is 10.1. The van der Waals surface area contributed by atoms with Gasteiger partial charge in [-0.05, 0) is 43.5 Å². The van der Waals surface area contributed by atoms with Gasteiger partial charge in [0.1, 0.15) is 0 Å². The standard InChI is InChI=1S/C17H16ClN3O2/c1-10-2-3-13(18)7-15(10)21-17(23)12-6-11(8-19-9-12)16(22)20-14-4-5-14/h2-3,6-9,14H,4-5H2,1H3,(H,20,22)(H,21,23). The third-order valence-electron chi connectivity index (χ3n) is 3.62. The molecule has 0 saturated heterocycles. The molecule has 0 bridgehead atoms. The van der Waals surface area contributed by atoms with E-state index in [0.717, 1.165) is 18.4 Å². The summed E-state index contributed by atoms with van der Waals surface area (Å²) < 4.78 is 0. The first-order valence-corrected chi connectivity index (χ1v) is 7.74. The molecule has 1 aliphatic rings. The van der Waals surface area contributed by atoms with Crippen LogP contribution in [-0.4, -0.2) is 22.8 Å². The zero-order valence-corrected chi connectivity index (χ0v) is 13.4. The van der Waals surface area contributed by atoms with Gasteiger partial charge in [0.25, 0.3) is 11.8 Å². The first-order chi connectivity index (χ1) is 11.0. The van der Waals surface area contributed by atoms with Crippen LogP contribution in [0.5, 0.6) is 0 Å². The summed E-state index contributed by atoms with van der Waals surface area (Å²) in [5.41, 5.74) is 2.24. The predicted molar refractivity (Wildman–Crippen MR) is 88.9 cm³/mol. The van der Waals surface area contributed by atoms with Crippen molar-refractivity contribution in [2.75, 3.05) is 5.32 Å². The topological polar surface area (TPSA) is 71.1 Å². The Morgan fingerprint density at radius 2 is 1.83 bits per heavy atom. The molecule has 1 aromatic carbocycles. The van der Waals surface area contributed by atoms with E-state index < -0.39 is 0 Å². The van der Waals surface area contributed by atoms with Crippen LogP contribution in [0.25, 0.3) is 0 Å². The van der Waals surface area contributed by atoms with E-state index in [1.807, 2.05) is 13.0 Å². The highest BCUT2D eigenvalue weighted by atomic mass is 35.5. The zero-order valence-electron chi connectivity index (χ0n) is 12.6. The SMILES string of the molecule is Cc1ccc(Cl)cc1NC(=O)c1cncc(C(=O)NC2CC2)c1. The normalized spacial score (nSPS) is 13.5. The van der Waals surface area contributed by atoms with Gasteiger partial charge in [-0.3, -0.25) is 14.6 Å². The number of carbonyl (C=O) groups excluding carboxylic acids is 2. The number of amides is 2. The van der Waals surface area contributed by atoms with Crippen LogP contribution in [0.1, 0.15) is 39.1 Å². The van der Waals surface area contributed by atoms with Crippen LogP contribution in [0.3, 0.4) is 0 Å². The number of aromatic nitrogens is 1. The van der Waals surface area contributed by atoms with Crippen molar-refractivity contribution in [3.05, 3.63) is 58.4 Å². The summed E-state index contributed by atoms with van der Waals surface area (Å²) >= 11 is 5.95. The lowest BCUT2D eigenvalue weighted by molar-refractivity contribution is 0.0950. The second kappa shape index (κ2) is 6.38. The molecule has 6 heteroatoms. The Hall–Kier alpha value is -2.40. The number of halogens is 1. The van der Waals surface area contributed by atoms with Crippen molar-refractivity contribution in [2.45, 2.75) is 25.8 Å². The van der Waals surface area contributed by atoms with Crippen LogP contribution in [-0.2, 0) is 0 Å². The molecule has 2 N–H and O–H groups in total. The van der Waals surface area contributed by atoms with Crippen LogP contribution in [0.4, 0.5) is 5.69 Å². The fraction of sp³-hybridized carbons (Fsp3) is 0.235. The van der Waals surface area contributed by atoms with Crippen molar-refractivity contribution < 1.29 is 9.59 Å². The molecular weight excluding hydrogens is 314 g/mol. The summed E-state index contributed by atoms with van der Waals surface area (Å²) in [5, 5.41) is 6.21. The van der Waals surface area contributed by atoms with Gasteiger partial charge >= 0.3 is 0 Å². The Morgan fingerprint density at radius 1 is 1.13 bits per heavy atom. The third-order valence-corrected chi connectivity index (χ3v) is 3.86. The lowest BCUT2D eigenvalue weighted by Gasteiger charge is -2.09. The molecule has 1 aliphatic carbocycles. The van der Waals surface area contributed by atoms with Gasteiger partial charge in [0.15, 0.2) is 0 Å². The molecule has 0 spiro atoms. The lowest BCUT2D eigenvalue weighted by Crippen LogP contribution is -2.26. The smallest absolute Gasteiger partial charge is 0.257 e. The average molecular weight is 330 g/mol. The van der Waals surface area contributed by atoms with Gasteiger partial charge < -0.3 is 10.6 Å². The molecule has 118 valence electrons. The fourth-order valence-corrected chi connectivity index (χ4v) is 2.28. The van der Waals surface area contributed by atoms with E-state index in [1.165, 1.54) is 12.4 Å². The quantitative estimate of drug-likeness (QED) is 0.905. The number of carbonyl (C=O) groups is 2. The summed E-state index contributed by atoms with van der Waals surface area (Å²) in [6.45, 7) is 1.88. The van der Waals surface area contributed by atoms with Crippen molar-refractivity contribution in [1.82, 2.24) is 10.3 Å². The number of aryl methyl sites for hydroxylation is 1. The van der Waals surface area contributed by atoms with Crippen molar-refractivity contribution in [3.63, 3.8) is 0 Å². The molecule has 0 unspecified atom stereocenters. The number of nitrogens with one attached hydrogen (secondary N) is 2. The summed E-state index contributed by atoms with van der Waals surface area (Å²) in [4.78, 5) is 28.4. The Balaban J connectivity index is 1.76. The molecule has 1 aromatic heterocycles. The van der Waals surface area contributed by atoms with Gasteiger partial charge in [-0.2, -0.15) is 0 Å². The van der Waals surface area contributed by atoms with E-state index >= 15 is 0 Å². The molecule has 1 saturated carbocycles. The Kier molecular flexibility index (Phi) is 4.30. The maximum atomic E-state index is 12.4. The summed E-state index contributed by atoms with van der Waals surface area (Å²) in [6, 6.07) is 7.08. The molecule has 3 rings (SSSR count). The first-order valence-electron chi connectivity index (χ1n) is 7.36. The van der Waals surface area contributed by atoms with Gasteiger partial charge in [0.2, 0.25) is 0 Å². The molecule has 2 aromatic rings. The van der Waals surface area contributed by atoms with Crippen molar-refractivity contribution >= 4 is 29.1 Å². The third kappa shape index (κ3) is 3.87. The van der Waals surface area contributed by atoms with Crippen molar-refractivity contribution in [3.8, 4) is 0 Å². The fourth-order valence-electron chi connectivity index (χ4n) is 2.11. The van der Waals surface area contributed by atoms with E-state index in [1.54, 1.807) is 18.2 Å². The Bertz CT molecular complexity index is 772. The summed E-state index contributed by atoms with van der Waals surface area (Å²) in [5.74, 6) is -0.530. The van der Waals surface area contributed by atoms with E-state index in [-0.39, 0.29) is 17.9 Å². The minimum Gasteiger partial charge on any atom is -0.349 e. The maximum absolute atomic E-state index is 12.4. The summed E-state index contributed by atoms with van der Waals surface area (Å²) in [7, 11) is 0. The molecule has 0 aliphatic heterocycles. The Morgan fingerprint density at radius 3 is 2.52 bits per heavy atom. The molecule has 1 fully saturated rings. The molecule has 0 atom stereocenters. The number of nitrogens with zero attached hydrogens (tertiary/aromatic N) is 1. The van der Waals surface area contributed by atoms with Crippen molar-refractivity contribution in [1.29, 1.82) is 0 Å². The highest BCUT2D eigenvalue weighted by molar-refractivity contribution is 6.31. The molecular formula is C17H16ClN3O2. The van der Waals surface area contributed by atoms with Gasteiger partial charge in [0, 0.05) is 29.1 Å². The number of rotatable bonds is 4. The van der Waals surface area contributed by atoms with E-state index in [2.05, 4.69) is 15.6 Å². The number of hydrogen-bond acceptors (Lipinski definition) is 3. The van der Waals surface area contributed by atoms with Crippen LogP contribution >= 0.6 is 11.6 Å². The minimum atomic E-state index is -0.330. The van der Waals surface area contributed by atoms with Crippen molar-refractivity contribution in [2.24, 2.45) is 0 Å². The number of anilines is 1. The van der Waals surface area contributed by atoms with Gasteiger partial charge in [-0.1, -0.05) is 17.7 Å². The van der Waals surface area contributed by atoms with Crippen LogP contribution in [0, 0.1) is 6.92 Å². The molecule has 0 radical (unpaired) electrons. The number of hydrogen-bond donors (Lipinski definition) is 2. The van der Waals surface area contributed by atoms with E-state index in [0.29, 0.717) is 21.8 Å². The monoisotopic (exact) mass is 329 g/mol. The minimum absolute atomic E-state index is 0.200. The molecule has 1 heterocycles. The second-order valence-corrected chi connectivity index (χ2v) is 6.06. The molecule has 23 heavy (non-hydrogen) atoms. The van der Waals surface area contributed by atoms with E-state index in [4.69, 9.17) is 11.6 Å². The Labute approximate surface area is 139 Å². The maximum Gasteiger partial charge on any atom is 0.257 e. The van der Waals surface area contributed by atoms with Gasteiger partial charge in [-0.25, -0.2) is 0 Å². The molecule has 2 amide bonds. The van der Waals surface area contributed by atoms with Gasteiger partial charge in [0.05, 0.1) is 11.1 Å².